The number of rotatable bonds is 6. The molecule has 2 heterocycles. The maximum Gasteiger partial charge on any atom is 0.263 e. The fourth-order valence-electron chi connectivity index (χ4n) is 3.63. The molecule has 2 amide bonds. The molecule has 0 spiro atoms. The fourth-order valence-corrected chi connectivity index (χ4v) is 3.63. The normalized spacial score (nSPS) is 13.0. The van der Waals surface area contributed by atoms with E-state index in [1.807, 2.05) is 19.1 Å². The Morgan fingerprint density at radius 1 is 1.23 bits per heavy atom. The summed E-state index contributed by atoms with van der Waals surface area (Å²) in [6.07, 6.45) is 2.46. The summed E-state index contributed by atoms with van der Waals surface area (Å²) in [6.45, 7) is 3.06. The maximum absolute atomic E-state index is 13.1. The number of nitrogens with zero attached hydrogens (tertiary/aromatic N) is 2. The highest BCUT2D eigenvalue weighted by atomic mass is 16.5. The second-order valence-corrected chi connectivity index (χ2v) is 7.37. The second kappa shape index (κ2) is 9.13. The lowest BCUT2D eigenvalue weighted by atomic mass is 9.95. The van der Waals surface area contributed by atoms with Crippen LogP contribution < -0.4 is 15.6 Å². The van der Waals surface area contributed by atoms with Crippen LogP contribution in [0.15, 0.2) is 29.2 Å². The Balaban J connectivity index is 1.91. The summed E-state index contributed by atoms with van der Waals surface area (Å²) < 4.78 is 11.6. The van der Waals surface area contributed by atoms with Crippen molar-refractivity contribution < 1.29 is 19.1 Å². The Kier molecular flexibility index (Phi) is 6.56. The SMILES string of the molecule is COCCC(=O)N1CCc2c(cn(C)c(=O)c2C(=O)Nc2cc(OC)ccc2C)C1. The summed E-state index contributed by atoms with van der Waals surface area (Å²) in [5.41, 5.74) is 2.73. The van der Waals surface area contributed by atoms with Crippen molar-refractivity contribution in [2.75, 3.05) is 32.7 Å². The number of ether oxygens (including phenoxy) is 2. The van der Waals surface area contributed by atoms with Crippen molar-refractivity contribution in [1.82, 2.24) is 9.47 Å². The summed E-state index contributed by atoms with van der Waals surface area (Å²) in [5, 5.41) is 2.85. The Morgan fingerprint density at radius 3 is 2.70 bits per heavy atom. The minimum absolute atomic E-state index is 0.00522. The molecule has 0 saturated carbocycles. The van der Waals surface area contributed by atoms with Gasteiger partial charge in [0, 0.05) is 45.2 Å². The number of carbonyl (C=O) groups excluding carboxylic acids is 2. The number of benzene rings is 1. The van der Waals surface area contributed by atoms with Gasteiger partial charge in [0.05, 0.1) is 20.1 Å². The molecule has 8 heteroatoms. The van der Waals surface area contributed by atoms with Crippen LogP contribution in [0.1, 0.15) is 33.5 Å². The molecule has 2 aromatic rings. The fraction of sp³-hybridized carbons (Fsp3) is 0.409. The molecule has 1 aliphatic heterocycles. The standard InChI is InChI=1S/C22H27N3O5/c1-14-5-6-16(30-4)11-18(14)23-21(27)20-17-7-9-25(19(26)8-10-29-3)13-15(17)12-24(2)22(20)28/h5-6,11-12H,7-10,13H2,1-4H3,(H,23,27). The number of nitrogens with one attached hydrogen (secondary N) is 1. The lowest BCUT2D eigenvalue weighted by Gasteiger charge is -2.30. The number of hydrogen-bond acceptors (Lipinski definition) is 5. The Morgan fingerprint density at radius 2 is 2.00 bits per heavy atom. The van der Waals surface area contributed by atoms with Crippen LogP contribution in [0, 0.1) is 6.92 Å². The predicted octanol–water partition coefficient (Wildman–Crippen LogP) is 1.88. The highest BCUT2D eigenvalue weighted by Crippen LogP contribution is 2.25. The van der Waals surface area contributed by atoms with Gasteiger partial charge in [0.15, 0.2) is 0 Å². The molecule has 0 saturated heterocycles. The van der Waals surface area contributed by atoms with Crippen LogP contribution >= 0.6 is 0 Å². The van der Waals surface area contributed by atoms with Gasteiger partial charge in [-0.1, -0.05) is 6.07 Å². The largest absolute Gasteiger partial charge is 0.497 e. The van der Waals surface area contributed by atoms with Gasteiger partial charge in [0.25, 0.3) is 11.5 Å². The Hall–Kier alpha value is -3.13. The summed E-state index contributed by atoms with van der Waals surface area (Å²) in [6, 6.07) is 5.38. The van der Waals surface area contributed by atoms with E-state index in [4.69, 9.17) is 9.47 Å². The zero-order chi connectivity index (χ0) is 21.8. The zero-order valence-electron chi connectivity index (χ0n) is 17.8. The first-order valence-electron chi connectivity index (χ1n) is 9.79. The van der Waals surface area contributed by atoms with E-state index >= 15 is 0 Å². The molecular weight excluding hydrogens is 386 g/mol. The van der Waals surface area contributed by atoms with Crippen LogP contribution in [-0.2, 0) is 29.5 Å². The lowest BCUT2D eigenvalue weighted by molar-refractivity contribution is -0.133. The van der Waals surface area contributed by atoms with Crippen molar-refractivity contribution in [3.05, 3.63) is 57.0 Å². The smallest absolute Gasteiger partial charge is 0.263 e. The minimum Gasteiger partial charge on any atom is -0.497 e. The van der Waals surface area contributed by atoms with Crippen LogP contribution in [0.5, 0.6) is 5.75 Å². The van der Waals surface area contributed by atoms with Crippen LogP contribution in [0.4, 0.5) is 5.69 Å². The minimum atomic E-state index is -0.456. The van der Waals surface area contributed by atoms with E-state index in [-0.39, 0.29) is 17.0 Å². The Bertz CT molecular complexity index is 1030. The van der Waals surface area contributed by atoms with E-state index in [1.54, 1.807) is 38.4 Å². The quantitative estimate of drug-likeness (QED) is 0.781. The summed E-state index contributed by atoms with van der Waals surface area (Å²) >= 11 is 0. The lowest BCUT2D eigenvalue weighted by Crippen LogP contribution is -2.40. The molecule has 0 radical (unpaired) electrons. The third-order valence-electron chi connectivity index (χ3n) is 5.36. The van der Waals surface area contributed by atoms with Gasteiger partial charge >= 0.3 is 0 Å². The molecule has 1 aromatic heterocycles. The Labute approximate surface area is 175 Å². The number of aryl methyl sites for hydroxylation is 2. The van der Waals surface area contributed by atoms with Gasteiger partial charge in [0.1, 0.15) is 11.3 Å². The van der Waals surface area contributed by atoms with E-state index in [2.05, 4.69) is 5.32 Å². The third-order valence-corrected chi connectivity index (χ3v) is 5.36. The van der Waals surface area contributed by atoms with Crippen LogP contribution in [-0.4, -0.2) is 48.7 Å². The van der Waals surface area contributed by atoms with Crippen molar-refractivity contribution in [3.63, 3.8) is 0 Å². The molecule has 30 heavy (non-hydrogen) atoms. The molecule has 0 fully saturated rings. The summed E-state index contributed by atoms with van der Waals surface area (Å²) in [7, 11) is 4.73. The molecular formula is C22H27N3O5. The number of anilines is 1. The molecule has 1 N–H and O–H groups in total. The average molecular weight is 413 g/mol. The molecule has 1 aromatic carbocycles. The number of carbonyl (C=O) groups is 2. The number of methoxy groups -OCH3 is 2. The van der Waals surface area contributed by atoms with Gasteiger partial charge < -0.3 is 24.3 Å². The van der Waals surface area contributed by atoms with E-state index in [9.17, 15) is 14.4 Å². The first-order valence-corrected chi connectivity index (χ1v) is 9.79. The van der Waals surface area contributed by atoms with Gasteiger partial charge in [-0.2, -0.15) is 0 Å². The van der Waals surface area contributed by atoms with E-state index in [1.165, 1.54) is 4.57 Å². The highest BCUT2D eigenvalue weighted by molar-refractivity contribution is 6.05. The molecule has 160 valence electrons. The van der Waals surface area contributed by atoms with Crippen molar-refractivity contribution >= 4 is 17.5 Å². The molecule has 1 aliphatic rings. The van der Waals surface area contributed by atoms with Gasteiger partial charge in [0.2, 0.25) is 5.91 Å². The number of aromatic nitrogens is 1. The molecule has 3 rings (SSSR count). The van der Waals surface area contributed by atoms with Crippen molar-refractivity contribution in [2.45, 2.75) is 26.3 Å². The predicted molar refractivity (Wildman–Crippen MR) is 113 cm³/mol. The molecule has 0 aliphatic carbocycles. The van der Waals surface area contributed by atoms with Gasteiger partial charge in [-0.25, -0.2) is 0 Å². The number of amides is 2. The molecule has 0 atom stereocenters. The number of fused-ring (bicyclic) bond motifs is 1. The van der Waals surface area contributed by atoms with Gasteiger partial charge in [-0.15, -0.1) is 0 Å². The topological polar surface area (TPSA) is 89.9 Å². The van der Waals surface area contributed by atoms with E-state index in [0.717, 1.165) is 11.1 Å². The van der Waals surface area contributed by atoms with Crippen molar-refractivity contribution in [3.8, 4) is 5.75 Å². The van der Waals surface area contributed by atoms with Gasteiger partial charge in [-0.05, 0) is 36.1 Å². The average Bonchev–Trinajstić information content (AvgIpc) is 2.74. The number of hydrogen-bond donors (Lipinski definition) is 1. The van der Waals surface area contributed by atoms with Crippen molar-refractivity contribution in [2.24, 2.45) is 7.05 Å². The zero-order valence-corrected chi connectivity index (χ0v) is 17.8. The third kappa shape index (κ3) is 4.38. The summed E-state index contributed by atoms with van der Waals surface area (Å²) in [4.78, 5) is 40.0. The van der Waals surface area contributed by atoms with Crippen molar-refractivity contribution in [1.29, 1.82) is 0 Å². The highest BCUT2D eigenvalue weighted by Gasteiger charge is 2.27. The van der Waals surface area contributed by atoms with E-state index < -0.39 is 5.91 Å². The van der Waals surface area contributed by atoms with Gasteiger partial charge in [-0.3, -0.25) is 14.4 Å². The monoisotopic (exact) mass is 413 g/mol. The first-order chi connectivity index (χ1) is 14.3. The van der Waals surface area contributed by atoms with Crippen LogP contribution in [0.2, 0.25) is 0 Å². The van der Waals surface area contributed by atoms with Crippen LogP contribution in [0.3, 0.4) is 0 Å². The second-order valence-electron chi connectivity index (χ2n) is 7.37. The first kappa shape index (κ1) is 21.6. The molecule has 0 bridgehead atoms. The van der Waals surface area contributed by atoms with E-state index in [0.29, 0.717) is 49.5 Å². The maximum atomic E-state index is 13.1. The number of pyridine rings is 1. The van der Waals surface area contributed by atoms with Crippen LogP contribution in [0.25, 0.3) is 0 Å². The molecule has 0 unspecified atom stereocenters. The molecule has 8 nitrogen and oxygen atoms in total. The summed E-state index contributed by atoms with van der Waals surface area (Å²) in [5.74, 6) is 0.154.